The molecule has 0 bridgehead atoms. The van der Waals surface area contributed by atoms with Crippen LogP contribution in [-0.2, 0) is 11.6 Å². The van der Waals surface area contributed by atoms with E-state index in [1.165, 1.54) is 13.2 Å². The van der Waals surface area contributed by atoms with E-state index in [1.807, 2.05) is 0 Å². The van der Waals surface area contributed by atoms with Gasteiger partial charge in [-0.1, -0.05) is 6.07 Å². The normalized spacial score (nSPS) is 17.7. The topological polar surface area (TPSA) is 33.0 Å². The van der Waals surface area contributed by atoms with Crippen LogP contribution in [0.5, 0.6) is 5.75 Å². The van der Waals surface area contributed by atoms with Gasteiger partial charge in [-0.3, -0.25) is 0 Å². The Morgan fingerprint density at radius 2 is 2.00 bits per heavy atom. The summed E-state index contributed by atoms with van der Waals surface area (Å²) in [6.07, 6.45) is -2.36. The maximum absolute atomic E-state index is 12.9. The molecule has 0 atom stereocenters. The molecule has 0 N–H and O–H groups in total. The highest BCUT2D eigenvalue weighted by Gasteiger charge is 2.42. The van der Waals surface area contributed by atoms with E-state index >= 15 is 0 Å². The molecule has 96 valence electrons. The summed E-state index contributed by atoms with van der Waals surface area (Å²) in [7, 11) is 1.20. The van der Waals surface area contributed by atoms with E-state index in [1.54, 1.807) is 6.07 Å². The fourth-order valence-corrected chi connectivity index (χ4v) is 2.22. The summed E-state index contributed by atoms with van der Waals surface area (Å²) in [5.41, 5.74) is -1.12. The molecule has 1 aliphatic rings. The highest BCUT2D eigenvalue weighted by Crippen LogP contribution is 2.46. The number of rotatable bonds is 2. The number of nitriles is 1. The first-order valence-electron chi connectivity index (χ1n) is 5.60. The van der Waals surface area contributed by atoms with Crippen molar-refractivity contribution < 1.29 is 17.9 Å². The van der Waals surface area contributed by atoms with E-state index in [2.05, 4.69) is 6.07 Å². The van der Waals surface area contributed by atoms with E-state index in [4.69, 9.17) is 10.00 Å². The van der Waals surface area contributed by atoms with Crippen molar-refractivity contribution in [2.75, 3.05) is 7.11 Å². The van der Waals surface area contributed by atoms with Gasteiger partial charge in [0.1, 0.15) is 5.75 Å². The van der Waals surface area contributed by atoms with Crippen molar-refractivity contribution >= 4 is 0 Å². The summed E-state index contributed by atoms with van der Waals surface area (Å²) in [5.74, 6) is -0.210. The zero-order valence-electron chi connectivity index (χ0n) is 9.84. The molecule has 0 spiro atoms. The number of hydrogen-bond acceptors (Lipinski definition) is 2. The van der Waals surface area contributed by atoms with E-state index in [0.29, 0.717) is 18.4 Å². The molecule has 2 nitrogen and oxygen atoms in total. The number of nitrogens with zero attached hydrogens (tertiary/aromatic N) is 1. The van der Waals surface area contributed by atoms with Crippen LogP contribution in [0.15, 0.2) is 18.2 Å². The van der Waals surface area contributed by atoms with E-state index in [-0.39, 0.29) is 5.75 Å². The maximum Gasteiger partial charge on any atom is 0.419 e. The molecule has 0 amide bonds. The van der Waals surface area contributed by atoms with E-state index < -0.39 is 17.2 Å². The quantitative estimate of drug-likeness (QED) is 0.808. The Labute approximate surface area is 103 Å². The molecule has 0 unspecified atom stereocenters. The molecule has 0 aromatic heterocycles. The zero-order valence-corrected chi connectivity index (χ0v) is 9.84. The Morgan fingerprint density at radius 1 is 1.33 bits per heavy atom. The summed E-state index contributed by atoms with van der Waals surface area (Å²) in [6.45, 7) is 0. The fourth-order valence-electron chi connectivity index (χ4n) is 2.22. The largest absolute Gasteiger partial charge is 0.496 e. The van der Waals surface area contributed by atoms with Crippen molar-refractivity contribution in [2.45, 2.75) is 30.9 Å². The lowest BCUT2D eigenvalue weighted by Gasteiger charge is -2.36. The number of alkyl halides is 3. The lowest BCUT2D eigenvalue weighted by Crippen LogP contribution is -2.32. The second-order valence-electron chi connectivity index (χ2n) is 4.46. The number of halogens is 3. The molecular weight excluding hydrogens is 243 g/mol. The predicted octanol–water partition coefficient (Wildman–Crippen LogP) is 3.66. The first kappa shape index (κ1) is 12.7. The second-order valence-corrected chi connectivity index (χ2v) is 4.46. The highest BCUT2D eigenvalue weighted by atomic mass is 19.4. The highest BCUT2D eigenvalue weighted by molar-refractivity contribution is 5.45. The first-order chi connectivity index (χ1) is 8.43. The van der Waals surface area contributed by atoms with Gasteiger partial charge < -0.3 is 4.74 Å². The summed E-state index contributed by atoms with van der Waals surface area (Å²) in [6, 6.07) is 6.02. The average Bonchev–Trinajstić information content (AvgIpc) is 2.27. The molecule has 1 aromatic carbocycles. The van der Waals surface area contributed by atoms with Crippen LogP contribution in [0.1, 0.15) is 30.4 Å². The zero-order chi connectivity index (χ0) is 13.4. The average molecular weight is 255 g/mol. The third kappa shape index (κ3) is 1.92. The van der Waals surface area contributed by atoms with Gasteiger partial charge >= 0.3 is 6.18 Å². The minimum absolute atomic E-state index is 0.210. The Hall–Kier alpha value is -1.70. The SMILES string of the molecule is COc1ccc(C2(C#N)CCC2)cc1C(F)(F)F. The van der Waals surface area contributed by atoms with Gasteiger partial charge in [-0.2, -0.15) is 18.4 Å². The summed E-state index contributed by atoms with van der Waals surface area (Å²) in [4.78, 5) is 0. The van der Waals surface area contributed by atoms with E-state index in [0.717, 1.165) is 12.5 Å². The molecule has 0 saturated heterocycles. The van der Waals surface area contributed by atoms with Crippen LogP contribution in [0, 0.1) is 11.3 Å². The Kier molecular flexibility index (Phi) is 2.97. The molecule has 1 aromatic rings. The van der Waals surface area contributed by atoms with Crippen LogP contribution < -0.4 is 4.74 Å². The molecule has 1 aliphatic carbocycles. The van der Waals surface area contributed by atoms with Crippen molar-refractivity contribution in [1.82, 2.24) is 0 Å². The number of benzene rings is 1. The van der Waals surface area contributed by atoms with Crippen molar-refractivity contribution in [1.29, 1.82) is 5.26 Å². The molecule has 2 rings (SSSR count). The van der Waals surface area contributed by atoms with Gasteiger partial charge in [0.15, 0.2) is 0 Å². The van der Waals surface area contributed by atoms with Gasteiger partial charge in [-0.25, -0.2) is 0 Å². The van der Waals surface area contributed by atoms with Crippen molar-refractivity contribution in [3.8, 4) is 11.8 Å². The van der Waals surface area contributed by atoms with Crippen molar-refractivity contribution in [3.05, 3.63) is 29.3 Å². The Morgan fingerprint density at radius 3 is 2.39 bits per heavy atom. The molecular formula is C13H12F3NO. The van der Waals surface area contributed by atoms with Crippen molar-refractivity contribution in [3.63, 3.8) is 0 Å². The van der Waals surface area contributed by atoms with Gasteiger partial charge in [0.2, 0.25) is 0 Å². The molecule has 5 heteroatoms. The van der Waals surface area contributed by atoms with Crippen LogP contribution in [0.2, 0.25) is 0 Å². The van der Waals surface area contributed by atoms with Crippen LogP contribution in [0.4, 0.5) is 13.2 Å². The van der Waals surface area contributed by atoms with Gasteiger partial charge in [0.05, 0.1) is 24.2 Å². The van der Waals surface area contributed by atoms with Gasteiger partial charge in [0.25, 0.3) is 0 Å². The predicted molar refractivity (Wildman–Crippen MR) is 59.1 cm³/mol. The van der Waals surface area contributed by atoms with Crippen LogP contribution in [0.3, 0.4) is 0 Å². The van der Waals surface area contributed by atoms with Gasteiger partial charge in [-0.15, -0.1) is 0 Å². The van der Waals surface area contributed by atoms with Crippen LogP contribution in [-0.4, -0.2) is 7.11 Å². The second kappa shape index (κ2) is 4.20. The van der Waals surface area contributed by atoms with Gasteiger partial charge in [0, 0.05) is 0 Å². The lowest BCUT2D eigenvalue weighted by molar-refractivity contribution is -0.138. The number of hydrogen-bond donors (Lipinski definition) is 0. The molecule has 0 heterocycles. The number of ether oxygens (including phenoxy) is 1. The minimum atomic E-state index is -4.47. The first-order valence-corrected chi connectivity index (χ1v) is 5.60. The van der Waals surface area contributed by atoms with Gasteiger partial charge in [-0.05, 0) is 37.0 Å². The Balaban J connectivity index is 2.50. The third-order valence-corrected chi connectivity index (χ3v) is 3.48. The van der Waals surface area contributed by atoms with Crippen molar-refractivity contribution in [2.24, 2.45) is 0 Å². The third-order valence-electron chi connectivity index (χ3n) is 3.48. The lowest BCUT2D eigenvalue weighted by atomic mass is 9.65. The molecule has 1 fully saturated rings. The molecule has 0 aliphatic heterocycles. The standard InChI is InChI=1S/C13H12F3NO/c1-18-11-4-3-9(7-10(11)13(14,15)16)12(8-17)5-2-6-12/h3-4,7H,2,5-6H2,1H3. The smallest absolute Gasteiger partial charge is 0.419 e. The maximum atomic E-state index is 12.9. The summed E-state index contributed by atoms with van der Waals surface area (Å²) >= 11 is 0. The fraction of sp³-hybridized carbons (Fsp3) is 0.462. The molecule has 0 radical (unpaired) electrons. The molecule has 1 saturated carbocycles. The summed E-state index contributed by atoms with van der Waals surface area (Å²) in [5, 5.41) is 9.15. The summed E-state index contributed by atoms with van der Waals surface area (Å²) < 4.78 is 43.3. The minimum Gasteiger partial charge on any atom is -0.496 e. The monoisotopic (exact) mass is 255 g/mol. The van der Waals surface area contributed by atoms with Crippen LogP contribution >= 0.6 is 0 Å². The Bertz CT molecular complexity index is 498. The molecule has 18 heavy (non-hydrogen) atoms. The van der Waals surface area contributed by atoms with E-state index in [9.17, 15) is 13.2 Å². The van der Waals surface area contributed by atoms with Crippen LogP contribution in [0.25, 0.3) is 0 Å². The number of methoxy groups -OCH3 is 1.